The Morgan fingerprint density at radius 3 is 2.23 bits per heavy atom. The van der Waals surface area contributed by atoms with Gasteiger partial charge in [-0.3, -0.25) is 0 Å². The Labute approximate surface area is 133 Å². The topological polar surface area (TPSA) is 46.0 Å². The highest BCUT2D eigenvalue weighted by atomic mass is 16.3. The number of hydrogen-bond acceptors (Lipinski definition) is 3. The Kier molecular flexibility index (Phi) is 6.53. The zero-order valence-corrected chi connectivity index (χ0v) is 13.6. The molecule has 2 rings (SSSR count). The quantitative estimate of drug-likeness (QED) is 0.718. The summed E-state index contributed by atoms with van der Waals surface area (Å²) in [6.07, 6.45) is 10.3. The number of nitrogens with zero attached hydrogens (tertiary/aromatic N) is 2. The van der Waals surface area contributed by atoms with E-state index in [4.69, 9.17) is 0 Å². The van der Waals surface area contributed by atoms with Crippen molar-refractivity contribution in [1.82, 2.24) is 9.97 Å². The zero-order valence-electron chi connectivity index (χ0n) is 13.6. The maximum Gasteiger partial charge on any atom is 0.159 e. The van der Waals surface area contributed by atoms with Crippen LogP contribution in [0.25, 0.3) is 11.4 Å². The normalized spacial score (nSPS) is 12.3. The number of aliphatic hydroxyl groups excluding tert-OH is 1. The van der Waals surface area contributed by atoms with Gasteiger partial charge in [0.25, 0.3) is 0 Å². The van der Waals surface area contributed by atoms with Crippen LogP contribution in [0.4, 0.5) is 0 Å². The summed E-state index contributed by atoms with van der Waals surface area (Å²) in [5, 5.41) is 9.82. The summed E-state index contributed by atoms with van der Waals surface area (Å²) in [7, 11) is 0. The molecule has 1 N–H and O–H groups in total. The minimum atomic E-state index is -0.388. The van der Waals surface area contributed by atoms with Gasteiger partial charge in [-0.05, 0) is 30.4 Å². The molecule has 0 radical (unpaired) electrons. The van der Waals surface area contributed by atoms with E-state index >= 15 is 0 Å². The Bertz CT molecular complexity index is 549. The van der Waals surface area contributed by atoms with Gasteiger partial charge >= 0.3 is 0 Å². The van der Waals surface area contributed by atoms with E-state index in [1.807, 2.05) is 43.6 Å². The average Bonchev–Trinajstić information content (AvgIpc) is 2.59. The SMILES string of the molecule is CCCCCCc1cnc(-c2ccc(C(O)CC)cc2)nc1. The summed E-state index contributed by atoms with van der Waals surface area (Å²) in [5.41, 5.74) is 3.14. The fourth-order valence-electron chi connectivity index (χ4n) is 2.48. The average molecular weight is 298 g/mol. The molecule has 0 bridgehead atoms. The highest BCUT2D eigenvalue weighted by Crippen LogP contribution is 2.21. The molecule has 1 aromatic carbocycles. The van der Waals surface area contributed by atoms with Crippen LogP contribution in [0, 0.1) is 0 Å². The van der Waals surface area contributed by atoms with Crippen LogP contribution in [0.15, 0.2) is 36.7 Å². The number of aliphatic hydroxyl groups is 1. The first-order valence-corrected chi connectivity index (χ1v) is 8.34. The molecule has 1 heterocycles. The Morgan fingerprint density at radius 2 is 1.64 bits per heavy atom. The lowest BCUT2D eigenvalue weighted by molar-refractivity contribution is 0.173. The van der Waals surface area contributed by atoms with Crippen LogP contribution in [-0.2, 0) is 6.42 Å². The first-order valence-electron chi connectivity index (χ1n) is 8.34. The second-order valence-corrected chi connectivity index (χ2v) is 5.77. The summed E-state index contributed by atoms with van der Waals surface area (Å²) < 4.78 is 0. The molecule has 0 saturated heterocycles. The Balaban J connectivity index is 1.97. The molecule has 1 unspecified atom stereocenters. The standard InChI is InChI=1S/C19H26N2O/c1-3-5-6-7-8-15-13-20-19(21-14-15)17-11-9-16(10-12-17)18(22)4-2/h9-14,18,22H,3-8H2,1-2H3. The van der Waals surface area contributed by atoms with Crippen molar-refractivity contribution in [3.05, 3.63) is 47.8 Å². The van der Waals surface area contributed by atoms with Gasteiger partial charge in [0, 0.05) is 18.0 Å². The van der Waals surface area contributed by atoms with Gasteiger partial charge in [-0.15, -0.1) is 0 Å². The van der Waals surface area contributed by atoms with E-state index < -0.39 is 0 Å². The van der Waals surface area contributed by atoms with E-state index in [0.717, 1.165) is 29.8 Å². The maximum atomic E-state index is 9.82. The largest absolute Gasteiger partial charge is 0.388 e. The van der Waals surface area contributed by atoms with Crippen LogP contribution in [0.5, 0.6) is 0 Å². The molecular formula is C19H26N2O. The van der Waals surface area contributed by atoms with Crippen molar-refractivity contribution >= 4 is 0 Å². The monoisotopic (exact) mass is 298 g/mol. The van der Waals surface area contributed by atoms with Crippen molar-refractivity contribution in [3.8, 4) is 11.4 Å². The summed E-state index contributed by atoms with van der Waals surface area (Å²) in [6, 6.07) is 7.85. The van der Waals surface area contributed by atoms with Gasteiger partial charge in [0.15, 0.2) is 5.82 Å². The van der Waals surface area contributed by atoms with Gasteiger partial charge in [-0.2, -0.15) is 0 Å². The van der Waals surface area contributed by atoms with Crippen LogP contribution in [0.2, 0.25) is 0 Å². The van der Waals surface area contributed by atoms with Gasteiger partial charge in [-0.1, -0.05) is 57.4 Å². The molecule has 1 aromatic heterocycles. The lowest BCUT2D eigenvalue weighted by atomic mass is 10.0. The molecule has 2 aromatic rings. The number of aryl methyl sites for hydroxylation is 1. The zero-order chi connectivity index (χ0) is 15.8. The number of hydrogen-bond donors (Lipinski definition) is 1. The van der Waals surface area contributed by atoms with Crippen LogP contribution < -0.4 is 0 Å². The van der Waals surface area contributed by atoms with E-state index in [1.165, 1.54) is 31.2 Å². The van der Waals surface area contributed by atoms with E-state index in [9.17, 15) is 5.11 Å². The predicted molar refractivity (Wildman–Crippen MR) is 90.6 cm³/mol. The van der Waals surface area contributed by atoms with Gasteiger partial charge in [0.05, 0.1) is 6.10 Å². The van der Waals surface area contributed by atoms with Gasteiger partial charge in [0.1, 0.15) is 0 Å². The number of unbranched alkanes of at least 4 members (excludes halogenated alkanes) is 3. The first-order chi connectivity index (χ1) is 10.7. The molecule has 3 heteroatoms. The van der Waals surface area contributed by atoms with Crippen molar-refractivity contribution in [3.63, 3.8) is 0 Å². The second-order valence-electron chi connectivity index (χ2n) is 5.77. The molecule has 22 heavy (non-hydrogen) atoms. The third kappa shape index (κ3) is 4.63. The third-order valence-electron chi connectivity index (χ3n) is 3.96. The molecular weight excluding hydrogens is 272 g/mol. The fourth-order valence-corrected chi connectivity index (χ4v) is 2.48. The van der Waals surface area contributed by atoms with Crippen molar-refractivity contribution in [2.75, 3.05) is 0 Å². The molecule has 0 saturated carbocycles. The summed E-state index contributed by atoms with van der Waals surface area (Å²) in [6.45, 7) is 4.20. The number of aromatic nitrogens is 2. The van der Waals surface area contributed by atoms with Crippen LogP contribution in [0.1, 0.15) is 63.2 Å². The summed E-state index contributed by atoms with van der Waals surface area (Å²) >= 11 is 0. The van der Waals surface area contributed by atoms with Crippen molar-refractivity contribution in [1.29, 1.82) is 0 Å². The van der Waals surface area contributed by atoms with Crippen LogP contribution >= 0.6 is 0 Å². The molecule has 0 spiro atoms. The van der Waals surface area contributed by atoms with Crippen molar-refractivity contribution < 1.29 is 5.11 Å². The molecule has 1 atom stereocenters. The van der Waals surface area contributed by atoms with Crippen molar-refractivity contribution in [2.45, 2.75) is 58.5 Å². The second kappa shape index (κ2) is 8.64. The molecule has 0 aliphatic heterocycles. The molecule has 118 valence electrons. The Morgan fingerprint density at radius 1 is 0.955 bits per heavy atom. The smallest absolute Gasteiger partial charge is 0.159 e. The fraction of sp³-hybridized carbons (Fsp3) is 0.474. The van der Waals surface area contributed by atoms with Crippen LogP contribution in [0.3, 0.4) is 0 Å². The molecule has 0 aliphatic carbocycles. The molecule has 3 nitrogen and oxygen atoms in total. The molecule has 0 aliphatic rings. The highest BCUT2D eigenvalue weighted by Gasteiger charge is 2.06. The minimum Gasteiger partial charge on any atom is -0.388 e. The van der Waals surface area contributed by atoms with E-state index in [2.05, 4.69) is 16.9 Å². The first kappa shape index (κ1) is 16.6. The van der Waals surface area contributed by atoms with Gasteiger partial charge in [0.2, 0.25) is 0 Å². The number of rotatable bonds is 8. The molecule has 0 amide bonds. The Hall–Kier alpha value is -1.74. The maximum absolute atomic E-state index is 9.82. The van der Waals surface area contributed by atoms with Crippen LogP contribution in [-0.4, -0.2) is 15.1 Å². The predicted octanol–water partition coefficient (Wildman–Crippen LogP) is 4.71. The highest BCUT2D eigenvalue weighted by molar-refractivity contribution is 5.55. The van der Waals surface area contributed by atoms with E-state index in [0.29, 0.717) is 0 Å². The lowest BCUT2D eigenvalue weighted by Crippen LogP contribution is -1.96. The lowest BCUT2D eigenvalue weighted by Gasteiger charge is -2.08. The summed E-state index contributed by atoms with van der Waals surface area (Å²) in [5.74, 6) is 0.745. The van der Waals surface area contributed by atoms with E-state index in [-0.39, 0.29) is 6.10 Å². The van der Waals surface area contributed by atoms with Crippen molar-refractivity contribution in [2.24, 2.45) is 0 Å². The molecule has 0 fully saturated rings. The number of benzene rings is 1. The third-order valence-corrected chi connectivity index (χ3v) is 3.96. The summed E-state index contributed by atoms with van der Waals surface area (Å²) in [4.78, 5) is 8.94. The minimum absolute atomic E-state index is 0.388. The van der Waals surface area contributed by atoms with Gasteiger partial charge < -0.3 is 5.11 Å². The van der Waals surface area contributed by atoms with Gasteiger partial charge in [-0.25, -0.2) is 9.97 Å². The van der Waals surface area contributed by atoms with E-state index in [1.54, 1.807) is 0 Å².